The second-order valence-corrected chi connectivity index (χ2v) is 7.91. The Morgan fingerprint density at radius 2 is 2.12 bits per heavy atom. The molecule has 0 aromatic carbocycles. The number of carbonyl (C=O) groups excluding carboxylic acids is 1. The van der Waals surface area contributed by atoms with Gasteiger partial charge in [0.2, 0.25) is 0 Å². The minimum atomic E-state index is 0.0105. The highest BCUT2D eigenvalue weighted by molar-refractivity contribution is 7.12. The Morgan fingerprint density at radius 1 is 1.32 bits per heavy atom. The largest absolute Gasteiger partial charge is 0.456 e. The van der Waals surface area contributed by atoms with Crippen LogP contribution in [0.4, 0.5) is 0 Å². The van der Waals surface area contributed by atoms with Crippen molar-refractivity contribution in [3.63, 3.8) is 0 Å². The molecule has 1 amide bonds. The number of thiophene rings is 1. The summed E-state index contributed by atoms with van der Waals surface area (Å²) in [5.41, 5.74) is 0.905. The van der Waals surface area contributed by atoms with Crippen LogP contribution < -0.4 is 10.1 Å². The summed E-state index contributed by atoms with van der Waals surface area (Å²) in [5, 5.41) is 5.15. The monoisotopic (exact) mass is 357 g/mol. The van der Waals surface area contributed by atoms with Gasteiger partial charge in [-0.1, -0.05) is 0 Å². The molecule has 0 aliphatic carbocycles. The predicted molar refractivity (Wildman–Crippen MR) is 98.4 cm³/mol. The van der Waals surface area contributed by atoms with E-state index in [0.29, 0.717) is 22.6 Å². The third-order valence-corrected chi connectivity index (χ3v) is 6.29. The molecule has 2 aromatic rings. The molecular weight excluding hydrogens is 334 g/mol. The number of fused-ring (bicyclic) bond motifs is 3. The van der Waals surface area contributed by atoms with Crippen molar-refractivity contribution >= 4 is 17.2 Å². The quantitative estimate of drug-likeness (QED) is 0.910. The molecule has 0 saturated carbocycles. The number of nitrogens with zero attached hydrogens (tertiary/aromatic N) is 2. The van der Waals surface area contributed by atoms with Crippen LogP contribution in [0.15, 0.2) is 29.8 Å². The van der Waals surface area contributed by atoms with Crippen LogP contribution >= 0.6 is 11.3 Å². The molecule has 0 radical (unpaired) electrons. The van der Waals surface area contributed by atoms with Gasteiger partial charge in [0.05, 0.1) is 4.88 Å². The average Bonchev–Trinajstić information content (AvgIpc) is 3.07. The molecule has 0 spiro atoms. The van der Waals surface area contributed by atoms with Crippen LogP contribution in [0.2, 0.25) is 0 Å². The summed E-state index contributed by atoms with van der Waals surface area (Å²) in [7, 11) is 0. The number of rotatable bonds is 4. The number of hydrogen-bond donors (Lipinski definition) is 1. The molecule has 3 saturated heterocycles. The van der Waals surface area contributed by atoms with Crippen LogP contribution in [0.1, 0.15) is 35.1 Å². The van der Waals surface area contributed by atoms with Gasteiger partial charge in [-0.3, -0.25) is 14.7 Å². The van der Waals surface area contributed by atoms with E-state index < -0.39 is 0 Å². The van der Waals surface area contributed by atoms with Crippen molar-refractivity contribution in [2.24, 2.45) is 5.92 Å². The van der Waals surface area contributed by atoms with Gasteiger partial charge in [-0.05, 0) is 51.8 Å². The molecule has 25 heavy (non-hydrogen) atoms. The summed E-state index contributed by atoms with van der Waals surface area (Å²) < 4.78 is 5.83. The summed E-state index contributed by atoms with van der Waals surface area (Å²) in [6.45, 7) is 6.49. The van der Waals surface area contributed by atoms with Gasteiger partial charge in [-0.25, -0.2) is 0 Å². The number of nitrogens with one attached hydrogen (secondary N) is 1. The number of carbonyl (C=O) groups is 1. The van der Waals surface area contributed by atoms with E-state index in [9.17, 15) is 4.79 Å². The smallest absolute Gasteiger partial charge is 0.261 e. The molecule has 6 heteroatoms. The third kappa shape index (κ3) is 3.41. The number of amides is 1. The zero-order valence-corrected chi connectivity index (χ0v) is 15.4. The van der Waals surface area contributed by atoms with Crippen molar-refractivity contribution in [3.05, 3.63) is 40.3 Å². The van der Waals surface area contributed by atoms with E-state index >= 15 is 0 Å². The van der Waals surface area contributed by atoms with E-state index in [0.717, 1.165) is 11.4 Å². The van der Waals surface area contributed by atoms with Crippen molar-refractivity contribution in [2.75, 3.05) is 13.1 Å². The first-order valence-corrected chi connectivity index (χ1v) is 9.72. The highest BCUT2D eigenvalue weighted by Crippen LogP contribution is 2.33. The molecule has 2 bridgehead atoms. The Labute approximate surface area is 152 Å². The van der Waals surface area contributed by atoms with Gasteiger partial charge in [0.25, 0.3) is 5.91 Å². The Hall–Kier alpha value is -1.92. The topological polar surface area (TPSA) is 54.5 Å². The van der Waals surface area contributed by atoms with Gasteiger partial charge in [-0.15, -0.1) is 11.3 Å². The highest BCUT2D eigenvalue weighted by Gasteiger charge is 2.40. The molecule has 5 rings (SSSR count). The second-order valence-electron chi connectivity index (χ2n) is 6.99. The summed E-state index contributed by atoms with van der Waals surface area (Å²) in [4.78, 5) is 20.0. The third-order valence-electron chi connectivity index (χ3n) is 5.38. The summed E-state index contributed by atoms with van der Waals surface area (Å²) in [6.07, 6.45) is 4.10. The Bertz CT molecular complexity index is 766. The predicted octanol–water partition coefficient (Wildman–Crippen LogP) is 3.46. The Morgan fingerprint density at radius 3 is 2.84 bits per heavy atom. The minimum absolute atomic E-state index is 0.0105. The molecule has 0 unspecified atom stereocenters. The van der Waals surface area contributed by atoms with Gasteiger partial charge < -0.3 is 10.1 Å². The molecule has 5 heterocycles. The molecule has 5 nitrogen and oxygen atoms in total. The molecule has 3 aliphatic heterocycles. The second kappa shape index (κ2) is 6.77. The van der Waals surface area contributed by atoms with Gasteiger partial charge in [0.15, 0.2) is 0 Å². The van der Waals surface area contributed by atoms with Crippen molar-refractivity contribution in [1.82, 2.24) is 15.2 Å². The van der Waals surface area contributed by atoms with Crippen LogP contribution in [0.25, 0.3) is 0 Å². The lowest BCUT2D eigenvalue weighted by Crippen LogP contribution is -2.62. The fraction of sp³-hybridized carbons (Fsp3) is 0.474. The standard InChI is InChI=1S/C19H23N3O2S/c1-12-9-15(3-6-20-12)24-16-10-17(25-11-16)19(23)21-18-13(2)22-7-4-14(18)5-8-22/h3,6,9-11,13-14,18H,4-5,7-8H2,1-2H3,(H,21,23)/t13-,18-/m0/s1. The fourth-order valence-corrected chi connectivity index (χ4v) is 4.69. The van der Waals surface area contributed by atoms with Gasteiger partial charge in [0, 0.05) is 41.5 Å². The lowest BCUT2D eigenvalue weighted by Gasteiger charge is -2.49. The number of ether oxygens (including phenoxy) is 1. The number of aryl methyl sites for hydroxylation is 1. The fourth-order valence-electron chi connectivity index (χ4n) is 3.98. The van der Waals surface area contributed by atoms with Crippen LogP contribution in [0, 0.1) is 12.8 Å². The first-order chi connectivity index (χ1) is 12.1. The molecule has 3 fully saturated rings. The Kier molecular flexibility index (Phi) is 4.48. The molecular formula is C19H23N3O2S. The maximum absolute atomic E-state index is 12.7. The molecule has 2 aromatic heterocycles. The molecule has 1 N–H and O–H groups in total. The SMILES string of the molecule is Cc1cc(Oc2csc(C(=O)N[C@@H]3C4CCN(CC4)[C@H]3C)c2)ccn1. The van der Waals surface area contributed by atoms with Gasteiger partial charge in [0.1, 0.15) is 11.5 Å². The van der Waals surface area contributed by atoms with Crippen molar-refractivity contribution < 1.29 is 9.53 Å². The van der Waals surface area contributed by atoms with Crippen LogP contribution in [0.3, 0.4) is 0 Å². The van der Waals surface area contributed by atoms with Crippen LogP contribution in [0.5, 0.6) is 11.5 Å². The van der Waals surface area contributed by atoms with Crippen LogP contribution in [-0.4, -0.2) is 41.0 Å². The van der Waals surface area contributed by atoms with Crippen molar-refractivity contribution in [3.8, 4) is 11.5 Å². The van der Waals surface area contributed by atoms with E-state index in [4.69, 9.17) is 4.74 Å². The minimum Gasteiger partial charge on any atom is -0.456 e. The Balaban J connectivity index is 1.42. The van der Waals surface area contributed by atoms with Crippen LogP contribution in [-0.2, 0) is 0 Å². The maximum Gasteiger partial charge on any atom is 0.261 e. The maximum atomic E-state index is 12.7. The number of hydrogen-bond acceptors (Lipinski definition) is 5. The summed E-state index contributed by atoms with van der Waals surface area (Å²) in [6, 6.07) is 6.20. The normalized spacial score (nSPS) is 27.9. The average molecular weight is 357 g/mol. The molecule has 2 atom stereocenters. The zero-order valence-electron chi connectivity index (χ0n) is 14.6. The highest BCUT2D eigenvalue weighted by atomic mass is 32.1. The van der Waals surface area contributed by atoms with Crippen molar-refractivity contribution in [2.45, 2.75) is 38.8 Å². The molecule has 3 aliphatic rings. The first-order valence-electron chi connectivity index (χ1n) is 8.84. The van der Waals surface area contributed by atoms with E-state index in [1.807, 2.05) is 30.5 Å². The number of pyridine rings is 1. The molecule has 132 valence electrons. The van der Waals surface area contributed by atoms with Gasteiger partial charge >= 0.3 is 0 Å². The number of piperidine rings is 3. The lowest BCUT2D eigenvalue weighted by atomic mass is 9.79. The van der Waals surface area contributed by atoms with E-state index in [1.54, 1.807) is 6.20 Å². The van der Waals surface area contributed by atoms with E-state index in [1.165, 1.54) is 37.3 Å². The first kappa shape index (κ1) is 16.5. The summed E-state index contributed by atoms with van der Waals surface area (Å²) >= 11 is 1.42. The van der Waals surface area contributed by atoms with E-state index in [-0.39, 0.29) is 11.9 Å². The van der Waals surface area contributed by atoms with E-state index in [2.05, 4.69) is 22.1 Å². The zero-order chi connectivity index (χ0) is 17.4. The van der Waals surface area contributed by atoms with Crippen molar-refractivity contribution in [1.29, 1.82) is 0 Å². The summed E-state index contributed by atoms with van der Waals surface area (Å²) in [5.74, 6) is 2.06. The lowest BCUT2D eigenvalue weighted by molar-refractivity contribution is 0.0218. The number of aromatic nitrogens is 1. The van der Waals surface area contributed by atoms with Gasteiger partial charge in [-0.2, -0.15) is 0 Å².